The maximum Gasteiger partial charge on any atom is 0.586 e. The number of halogens is 2. The van der Waals surface area contributed by atoms with Gasteiger partial charge in [-0.05, 0) is 25.0 Å². The first-order chi connectivity index (χ1) is 12.3. The molecule has 4 rings (SSSR count). The van der Waals surface area contributed by atoms with E-state index in [1.165, 1.54) is 23.9 Å². The van der Waals surface area contributed by atoms with Gasteiger partial charge >= 0.3 is 12.3 Å². The van der Waals surface area contributed by atoms with Crippen LogP contribution in [0.1, 0.15) is 12.8 Å². The predicted molar refractivity (Wildman–Crippen MR) is 93.5 cm³/mol. The van der Waals surface area contributed by atoms with Crippen molar-refractivity contribution < 1.29 is 23.0 Å². The van der Waals surface area contributed by atoms with Crippen molar-refractivity contribution >= 4 is 28.6 Å². The molecule has 26 heavy (non-hydrogen) atoms. The van der Waals surface area contributed by atoms with Crippen molar-refractivity contribution in [2.75, 3.05) is 18.0 Å². The van der Waals surface area contributed by atoms with Gasteiger partial charge < -0.3 is 20.1 Å². The minimum atomic E-state index is -3.70. The second kappa shape index (κ2) is 6.13. The van der Waals surface area contributed by atoms with Crippen LogP contribution in [-0.4, -0.2) is 41.6 Å². The van der Waals surface area contributed by atoms with Crippen molar-refractivity contribution in [3.8, 4) is 11.5 Å². The van der Waals surface area contributed by atoms with Crippen LogP contribution in [0.5, 0.6) is 11.5 Å². The Labute approximate surface area is 152 Å². The number of carbonyl (C=O) groups is 1. The second-order valence-electron chi connectivity index (χ2n) is 6.05. The Kier molecular flexibility index (Phi) is 4.03. The Morgan fingerprint density at radius 1 is 1.31 bits per heavy atom. The van der Waals surface area contributed by atoms with Crippen LogP contribution in [0.3, 0.4) is 0 Å². The smallest absolute Gasteiger partial charge is 0.395 e. The lowest BCUT2D eigenvalue weighted by Gasteiger charge is -2.23. The van der Waals surface area contributed by atoms with E-state index in [0.29, 0.717) is 28.8 Å². The standard InChI is InChI=1S/C16H16F2N4O3S/c1-9-13(19)22(15(26-9)20-14(23)21-6-2-3-7-21)10-4-5-11-12(8-10)25-16(17,18)24-11/h4-5,8,13H,1-3,6-7,19H2. The molecule has 10 heteroatoms. The van der Waals surface area contributed by atoms with E-state index in [-0.39, 0.29) is 17.5 Å². The van der Waals surface area contributed by atoms with Crippen LogP contribution >= 0.6 is 11.8 Å². The number of fused-ring (bicyclic) bond motifs is 1. The number of thioether (sulfide) groups is 1. The largest absolute Gasteiger partial charge is 0.586 e. The van der Waals surface area contributed by atoms with Crippen molar-refractivity contribution in [1.29, 1.82) is 0 Å². The average Bonchev–Trinajstić information content (AvgIpc) is 3.25. The third kappa shape index (κ3) is 2.99. The van der Waals surface area contributed by atoms with Crippen LogP contribution in [0.25, 0.3) is 0 Å². The molecule has 1 atom stereocenters. The average molecular weight is 382 g/mol. The fourth-order valence-corrected chi connectivity index (χ4v) is 3.89. The maximum absolute atomic E-state index is 13.2. The number of amidine groups is 1. The molecule has 0 bridgehead atoms. The van der Waals surface area contributed by atoms with Crippen LogP contribution < -0.4 is 20.1 Å². The first-order valence-corrected chi connectivity index (χ1v) is 8.85. The third-order valence-corrected chi connectivity index (χ3v) is 5.24. The molecule has 138 valence electrons. The zero-order valence-corrected chi connectivity index (χ0v) is 14.5. The minimum absolute atomic E-state index is 0.0652. The molecule has 2 saturated heterocycles. The number of ether oxygens (including phenoxy) is 2. The summed E-state index contributed by atoms with van der Waals surface area (Å²) in [5.41, 5.74) is 6.61. The Balaban J connectivity index is 1.65. The number of nitrogens with two attached hydrogens (primary N) is 1. The van der Waals surface area contributed by atoms with Crippen molar-refractivity contribution in [2.45, 2.75) is 25.3 Å². The van der Waals surface area contributed by atoms with E-state index in [1.807, 2.05) is 0 Å². The molecule has 3 heterocycles. The summed E-state index contributed by atoms with van der Waals surface area (Å²) in [6, 6.07) is 3.96. The van der Waals surface area contributed by atoms with E-state index in [2.05, 4.69) is 21.0 Å². The summed E-state index contributed by atoms with van der Waals surface area (Å²) in [4.78, 5) is 20.4. The topological polar surface area (TPSA) is 80.4 Å². The lowest BCUT2D eigenvalue weighted by atomic mass is 10.2. The van der Waals surface area contributed by atoms with Crippen molar-refractivity contribution in [1.82, 2.24) is 4.90 Å². The quantitative estimate of drug-likeness (QED) is 0.804. The first-order valence-electron chi connectivity index (χ1n) is 8.03. The number of hydrogen-bond acceptors (Lipinski definition) is 5. The van der Waals surface area contributed by atoms with Crippen LogP contribution in [0, 0.1) is 0 Å². The summed E-state index contributed by atoms with van der Waals surface area (Å²) in [6.45, 7) is 5.22. The van der Waals surface area contributed by atoms with E-state index in [0.717, 1.165) is 12.8 Å². The van der Waals surface area contributed by atoms with Gasteiger partial charge in [-0.1, -0.05) is 18.3 Å². The highest BCUT2D eigenvalue weighted by atomic mass is 32.2. The first kappa shape index (κ1) is 17.1. The summed E-state index contributed by atoms with van der Waals surface area (Å²) >= 11 is 1.19. The predicted octanol–water partition coefficient (Wildman–Crippen LogP) is 2.93. The Morgan fingerprint density at radius 2 is 2.00 bits per heavy atom. The molecular weight excluding hydrogens is 366 g/mol. The lowest BCUT2D eigenvalue weighted by Crippen LogP contribution is -2.40. The summed E-state index contributed by atoms with van der Waals surface area (Å²) in [7, 11) is 0. The van der Waals surface area contributed by atoms with Gasteiger partial charge in [0.15, 0.2) is 16.7 Å². The minimum Gasteiger partial charge on any atom is -0.395 e. The number of anilines is 1. The van der Waals surface area contributed by atoms with Crippen LogP contribution in [0.4, 0.5) is 19.3 Å². The number of hydrogen-bond donors (Lipinski definition) is 1. The summed E-state index contributed by atoms with van der Waals surface area (Å²) in [6.07, 6.45) is -2.44. The van der Waals surface area contributed by atoms with E-state index < -0.39 is 12.5 Å². The number of urea groups is 1. The molecular formula is C16H16F2N4O3S. The van der Waals surface area contributed by atoms with Gasteiger partial charge in [-0.25, -0.2) is 4.79 Å². The zero-order chi connectivity index (χ0) is 18.5. The van der Waals surface area contributed by atoms with Crippen LogP contribution in [0.15, 0.2) is 34.7 Å². The lowest BCUT2D eigenvalue weighted by molar-refractivity contribution is -0.286. The molecule has 0 saturated carbocycles. The molecule has 1 aromatic rings. The molecule has 2 amide bonds. The number of benzene rings is 1. The Bertz CT molecular complexity index is 811. The number of rotatable bonds is 1. The molecule has 0 aromatic heterocycles. The van der Waals surface area contributed by atoms with Crippen LogP contribution in [-0.2, 0) is 0 Å². The number of nitrogens with zero attached hydrogens (tertiary/aromatic N) is 3. The summed E-state index contributed by atoms with van der Waals surface area (Å²) in [5, 5.41) is 0.352. The van der Waals surface area contributed by atoms with E-state index in [9.17, 15) is 13.6 Å². The molecule has 2 fully saturated rings. The van der Waals surface area contributed by atoms with Gasteiger partial charge in [-0.3, -0.25) is 4.90 Å². The van der Waals surface area contributed by atoms with Gasteiger partial charge in [0.05, 0.1) is 0 Å². The molecule has 2 N–H and O–H groups in total. The number of likely N-dealkylation sites (tertiary alicyclic amines) is 1. The van der Waals surface area contributed by atoms with Gasteiger partial charge in [-0.2, -0.15) is 4.99 Å². The van der Waals surface area contributed by atoms with Crippen LogP contribution in [0.2, 0.25) is 0 Å². The summed E-state index contributed by atoms with van der Waals surface area (Å²) in [5.74, 6) is -0.169. The molecule has 3 aliphatic rings. The van der Waals surface area contributed by atoms with Crippen molar-refractivity contribution in [2.24, 2.45) is 10.7 Å². The number of alkyl halides is 2. The molecule has 3 aliphatic heterocycles. The highest BCUT2D eigenvalue weighted by Gasteiger charge is 2.44. The fourth-order valence-electron chi connectivity index (χ4n) is 2.99. The molecule has 0 aliphatic carbocycles. The maximum atomic E-state index is 13.2. The number of carbonyl (C=O) groups excluding carboxylic acids is 1. The Morgan fingerprint density at radius 3 is 2.73 bits per heavy atom. The molecule has 1 unspecified atom stereocenters. The fraction of sp³-hybridized carbons (Fsp3) is 0.375. The zero-order valence-electron chi connectivity index (χ0n) is 13.7. The molecule has 1 aromatic carbocycles. The molecule has 0 radical (unpaired) electrons. The van der Waals surface area contributed by atoms with Gasteiger partial charge in [0.2, 0.25) is 0 Å². The second-order valence-corrected chi connectivity index (χ2v) is 7.15. The SMILES string of the molecule is C=C1SC(=NC(=O)N2CCCC2)N(c2ccc3c(c2)OC(F)(F)O3)C1N. The monoisotopic (exact) mass is 382 g/mol. The number of aliphatic imine (C=N–C) groups is 1. The highest BCUT2D eigenvalue weighted by molar-refractivity contribution is 8.18. The highest BCUT2D eigenvalue weighted by Crippen LogP contribution is 2.45. The van der Waals surface area contributed by atoms with Crippen molar-refractivity contribution in [3.05, 3.63) is 29.7 Å². The molecule has 0 spiro atoms. The van der Waals surface area contributed by atoms with Gasteiger partial charge in [0, 0.05) is 29.7 Å². The van der Waals surface area contributed by atoms with Gasteiger partial charge in [-0.15, -0.1) is 8.78 Å². The normalized spacial score (nSPS) is 25.4. The number of amides is 2. The van der Waals surface area contributed by atoms with E-state index in [4.69, 9.17) is 5.73 Å². The van der Waals surface area contributed by atoms with Gasteiger partial charge in [0.1, 0.15) is 6.17 Å². The van der Waals surface area contributed by atoms with E-state index >= 15 is 0 Å². The van der Waals surface area contributed by atoms with Gasteiger partial charge in [0.25, 0.3) is 0 Å². The third-order valence-electron chi connectivity index (χ3n) is 4.27. The molecule has 7 nitrogen and oxygen atoms in total. The summed E-state index contributed by atoms with van der Waals surface area (Å²) < 4.78 is 35.3. The van der Waals surface area contributed by atoms with Crippen molar-refractivity contribution in [3.63, 3.8) is 0 Å². The Hall–Kier alpha value is -2.33. The van der Waals surface area contributed by atoms with E-state index in [1.54, 1.807) is 15.9 Å².